The van der Waals surface area contributed by atoms with Gasteiger partial charge in [-0.15, -0.1) is 0 Å². The number of pyridine rings is 2. The second kappa shape index (κ2) is 7.48. The van der Waals surface area contributed by atoms with Crippen molar-refractivity contribution in [2.24, 2.45) is 0 Å². The van der Waals surface area contributed by atoms with E-state index in [-0.39, 0.29) is 5.91 Å². The number of anilines is 1. The van der Waals surface area contributed by atoms with Crippen molar-refractivity contribution in [3.63, 3.8) is 0 Å². The number of amides is 1. The first-order chi connectivity index (χ1) is 14.7. The molecule has 0 saturated carbocycles. The largest absolute Gasteiger partial charge is 0.486 e. The molecule has 0 spiro atoms. The van der Waals surface area contributed by atoms with Crippen LogP contribution in [0.5, 0.6) is 11.5 Å². The Bertz CT molecular complexity index is 1250. The van der Waals surface area contributed by atoms with Crippen molar-refractivity contribution < 1.29 is 14.3 Å². The fraction of sp³-hybridized carbons (Fsp3) is 0.125. The summed E-state index contributed by atoms with van der Waals surface area (Å²) in [6, 6.07) is 18.8. The van der Waals surface area contributed by atoms with Crippen LogP contribution in [0.2, 0.25) is 0 Å². The second-order valence-corrected chi connectivity index (χ2v) is 7.11. The lowest BCUT2D eigenvalue weighted by Gasteiger charge is -2.19. The Balaban J connectivity index is 1.58. The quantitative estimate of drug-likeness (QED) is 0.546. The molecule has 2 aromatic carbocycles. The Kier molecular flexibility index (Phi) is 4.52. The van der Waals surface area contributed by atoms with E-state index in [0.717, 1.165) is 22.0 Å². The summed E-state index contributed by atoms with van der Waals surface area (Å²) in [4.78, 5) is 22.1. The minimum atomic E-state index is -0.233. The number of nitrogens with one attached hydrogen (secondary N) is 1. The van der Waals surface area contributed by atoms with Crippen LogP contribution in [0.1, 0.15) is 15.9 Å². The molecular formula is C24H19N3O3. The third-order valence-electron chi connectivity index (χ3n) is 4.95. The summed E-state index contributed by atoms with van der Waals surface area (Å²) in [5.41, 5.74) is 3.85. The molecule has 3 heterocycles. The van der Waals surface area contributed by atoms with Crippen molar-refractivity contribution >= 4 is 22.6 Å². The fourth-order valence-corrected chi connectivity index (χ4v) is 3.44. The molecule has 148 valence electrons. The molecule has 0 radical (unpaired) electrons. The van der Waals surface area contributed by atoms with E-state index in [2.05, 4.69) is 10.3 Å². The Morgan fingerprint density at radius 2 is 1.80 bits per heavy atom. The molecule has 5 rings (SSSR count). The van der Waals surface area contributed by atoms with E-state index < -0.39 is 0 Å². The molecule has 0 atom stereocenters. The zero-order chi connectivity index (χ0) is 20.5. The van der Waals surface area contributed by atoms with E-state index in [4.69, 9.17) is 14.5 Å². The standard InChI is InChI=1S/C24H19N3O3/c1-15-6-9-23(25-14-15)27-24(28)18-13-20(26-19-5-3-2-4-17(18)19)16-7-8-21-22(12-16)30-11-10-29-21/h2-9,12-14H,10-11H2,1H3,(H,25,27,28). The van der Waals surface area contributed by atoms with E-state index in [0.29, 0.717) is 41.8 Å². The summed E-state index contributed by atoms with van der Waals surface area (Å²) in [5.74, 6) is 1.67. The Labute approximate surface area is 173 Å². The Morgan fingerprint density at radius 3 is 2.63 bits per heavy atom. The molecule has 0 fully saturated rings. The number of fused-ring (bicyclic) bond motifs is 2. The lowest BCUT2D eigenvalue weighted by atomic mass is 10.0. The highest BCUT2D eigenvalue weighted by Gasteiger charge is 2.17. The summed E-state index contributed by atoms with van der Waals surface area (Å²) in [7, 11) is 0. The van der Waals surface area contributed by atoms with E-state index in [1.165, 1.54) is 0 Å². The SMILES string of the molecule is Cc1ccc(NC(=O)c2cc(-c3ccc4c(c3)OCCO4)nc3ccccc23)nc1. The van der Waals surface area contributed by atoms with Crippen LogP contribution in [0.25, 0.3) is 22.2 Å². The average Bonchev–Trinajstić information content (AvgIpc) is 2.79. The van der Waals surface area contributed by atoms with Crippen LogP contribution in [0, 0.1) is 6.92 Å². The lowest BCUT2D eigenvalue weighted by Crippen LogP contribution is -2.15. The van der Waals surface area contributed by atoms with Crippen LogP contribution in [-0.4, -0.2) is 29.1 Å². The van der Waals surface area contributed by atoms with E-state index in [1.54, 1.807) is 18.3 Å². The predicted molar refractivity (Wildman–Crippen MR) is 115 cm³/mol. The van der Waals surface area contributed by atoms with Crippen molar-refractivity contribution in [1.29, 1.82) is 0 Å². The van der Waals surface area contributed by atoms with Crippen molar-refractivity contribution in [3.05, 3.63) is 78.0 Å². The summed E-state index contributed by atoms with van der Waals surface area (Å²) >= 11 is 0. The van der Waals surface area contributed by atoms with Gasteiger partial charge >= 0.3 is 0 Å². The molecule has 0 aliphatic carbocycles. The molecular weight excluding hydrogens is 378 g/mol. The van der Waals surface area contributed by atoms with Gasteiger partial charge in [0.2, 0.25) is 0 Å². The number of carbonyl (C=O) groups is 1. The van der Waals surface area contributed by atoms with Crippen LogP contribution in [0.3, 0.4) is 0 Å². The molecule has 6 heteroatoms. The van der Waals surface area contributed by atoms with Gasteiger partial charge in [-0.2, -0.15) is 0 Å². The molecule has 0 unspecified atom stereocenters. The summed E-state index contributed by atoms with van der Waals surface area (Å²) in [5, 5.41) is 3.66. The number of hydrogen-bond acceptors (Lipinski definition) is 5. The van der Waals surface area contributed by atoms with Crippen molar-refractivity contribution in [2.45, 2.75) is 6.92 Å². The third-order valence-corrected chi connectivity index (χ3v) is 4.95. The van der Waals surface area contributed by atoms with Crippen LogP contribution in [0.15, 0.2) is 66.9 Å². The molecule has 0 saturated heterocycles. The number of rotatable bonds is 3. The number of para-hydroxylation sites is 1. The number of hydrogen-bond donors (Lipinski definition) is 1. The van der Waals surface area contributed by atoms with Gasteiger partial charge in [0, 0.05) is 17.1 Å². The minimum Gasteiger partial charge on any atom is -0.486 e. The molecule has 6 nitrogen and oxygen atoms in total. The average molecular weight is 397 g/mol. The van der Waals surface area contributed by atoms with Crippen LogP contribution in [0.4, 0.5) is 5.82 Å². The second-order valence-electron chi connectivity index (χ2n) is 7.11. The number of aryl methyl sites for hydroxylation is 1. The highest BCUT2D eigenvalue weighted by Crippen LogP contribution is 2.35. The van der Waals surface area contributed by atoms with Gasteiger partial charge in [-0.1, -0.05) is 24.3 Å². The molecule has 1 aliphatic rings. The van der Waals surface area contributed by atoms with Gasteiger partial charge in [0.15, 0.2) is 11.5 Å². The van der Waals surface area contributed by atoms with Crippen molar-refractivity contribution in [3.8, 4) is 22.8 Å². The smallest absolute Gasteiger partial charge is 0.257 e. The predicted octanol–water partition coefficient (Wildman–Crippen LogP) is 4.63. The lowest BCUT2D eigenvalue weighted by molar-refractivity contribution is 0.102. The normalized spacial score (nSPS) is 12.6. The number of aromatic nitrogens is 2. The van der Waals surface area contributed by atoms with Gasteiger partial charge in [-0.05, 0) is 48.9 Å². The first kappa shape index (κ1) is 18.1. The van der Waals surface area contributed by atoms with Gasteiger partial charge in [-0.25, -0.2) is 9.97 Å². The first-order valence-corrected chi connectivity index (χ1v) is 9.71. The number of benzene rings is 2. The summed E-state index contributed by atoms with van der Waals surface area (Å²) in [6.45, 7) is 3.01. The first-order valence-electron chi connectivity index (χ1n) is 9.71. The van der Waals surface area contributed by atoms with E-state index in [9.17, 15) is 4.79 Å². The van der Waals surface area contributed by atoms with Crippen molar-refractivity contribution in [2.75, 3.05) is 18.5 Å². The molecule has 0 bridgehead atoms. The topological polar surface area (TPSA) is 73.3 Å². The van der Waals surface area contributed by atoms with Gasteiger partial charge in [0.1, 0.15) is 19.0 Å². The molecule has 2 aromatic heterocycles. The summed E-state index contributed by atoms with van der Waals surface area (Å²) < 4.78 is 11.3. The molecule has 1 aliphatic heterocycles. The zero-order valence-electron chi connectivity index (χ0n) is 16.4. The highest BCUT2D eigenvalue weighted by molar-refractivity contribution is 6.12. The molecule has 30 heavy (non-hydrogen) atoms. The van der Waals surface area contributed by atoms with Crippen molar-refractivity contribution in [1.82, 2.24) is 9.97 Å². The maximum atomic E-state index is 13.1. The number of nitrogens with zero attached hydrogens (tertiary/aromatic N) is 2. The Morgan fingerprint density at radius 1 is 0.967 bits per heavy atom. The Hall–Kier alpha value is -3.93. The number of ether oxygens (including phenoxy) is 2. The van der Waals surface area contributed by atoms with Crippen LogP contribution in [-0.2, 0) is 0 Å². The van der Waals surface area contributed by atoms with E-state index in [1.807, 2.05) is 55.5 Å². The van der Waals surface area contributed by atoms with Gasteiger partial charge in [-0.3, -0.25) is 4.79 Å². The number of carbonyl (C=O) groups excluding carboxylic acids is 1. The highest BCUT2D eigenvalue weighted by atomic mass is 16.6. The maximum Gasteiger partial charge on any atom is 0.257 e. The summed E-state index contributed by atoms with van der Waals surface area (Å²) in [6.07, 6.45) is 1.72. The fourth-order valence-electron chi connectivity index (χ4n) is 3.44. The minimum absolute atomic E-state index is 0.233. The third kappa shape index (κ3) is 3.43. The molecule has 4 aromatic rings. The van der Waals surface area contributed by atoms with Crippen LogP contribution < -0.4 is 14.8 Å². The van der Waals surface area contributed by atoms with E-state index >= 15 is 0 Å². The maximum absolute atomic E-state index is 13.1. The molecule has 1 N–H and O–H groups in total. The monoisotopic (exact) mass is 397 g/mol. The molecule has 1 amide bonds. The van der Waals surface area contributed by atoms with Crippen LogP contribution >= 0.6 is 0 Å². The van der Waals surface area contributed by atoms with Gasteiger partial charge in [0.25, 0.3) is 5.91 Å². The zero-order valence-corrected chi connectivity index (χ0v) is 16.4. The van der Waals surface area contributed by atoms with Gasteiger partial charge in [0.05, 0.1) is 16.8 Å². The van der Waals surface area contributed by atoms with Gasteiger partial charge < -0.3 is 14.8 Å².